The molecule has 0 spiro atoms. The van der Waals surface area contributed by atoms with E-state index in [0.717, 1.165) is 5.69 Å². The largest absolute Gasteiger partial charge is 0.497 e. The minimum atomic E-state index is -0.0856. The minimum Gasteiger partial charge on any atom is -0.497 e. The molecule has 0 saturated carbocycles. The average Bonchev–Trinajstić information content (AvgIpc) is 2.51. The lowest BCUT2D eigenvalue weighted by Gasteiger charge is -2.30. The lowest BCUT2D eigenvalue weighted by Crippen LogP contribution is -2.38. The summed E-state index contributed by atoms with van der Waals surface area (Å²) in [6.45, 7) is 8.80. The molecule has 0 N–H and O–H groups in total. The molecule has 0 radical (unpaired) electrons. The molecule has 0 aliphatic heterocycles. The topological polar surface area (TPSA) is 42.4 Å². The summed E-state index contributed by atoms with van der Waals surface area (Å²) < 4.78 is 5.91. The third kappa shape index (κ3) is 4.57. The lowest BCUT2D eigenvalue weighted by atomic mass is 9.95. The Morgan fingerprint density at radius 2 is 1.96 bits per heavy atom. The van der Waals surface area contributed by atoms with Crippen LogP contribution in [-0.4, -0.2) is 24.5 Å². The SMILES string of the molecule is COc1ccc(C(=O)N(CC(C)(C)C)c2cccc(C)n2)c(Br)c1. The van der Waals surface area contributed by atoms with Gasteiger partial charge in [-0.15, -0.1) is 0 Å². The molecule has 1 amide bonds. The van der Waals surface area contributed by atoms with Crippen LogP contribution in [0.3, 0.4) is 0 Å². The number of anilines is 1. The number of hydrogen-bond donors (Lipinski definition) is 0. The highest BCUT2D eigenvalue weighted by Crippen LogP contribution is 2.28. The maximum Gasteiger partial charge on any atom is 0.260 e. The second-order valence-corrected chi connectivity index (χ2v) is 7.79. The second kappa shape index (κ2) is 7.34. The highest BCUT2D eigenvalue weighted by Gasteiger charge is 2.26. The Labute approximate surface area is 152 Å². The monoisotopic (exact) mass is 390 g/mol. The van der Waals surface area contributed by atoms with Gasteiger partial charge in [0.1, 0.15) is 11.6 Å². The van der Waals surface area contributed by atoms with Crippen molar-refractivity contribution in [1.29, 1.82) is 0 Å². The van der Waals surface area contributed by atoms with Crippen molar-refractivity contribution in [3.8, 4) is 5.75 Å². The first-order valence-corrected chi connectivity index (χ1v) is 8.59. The lowest BCUT2D eigenvalue weighted by molar-refractivity contribution is 0.0976. The summed E-state index contributed by atoms with van der Waals surface area (Å²) >= 11 is 3.48. The molecular weight excluding hydrogens is 368 g/mol. The van der Waals surface area contributed by atoms with Crippen LogP contribution in [-0.2, 0) is 0 Å². The van der Waals surface area contributed by atoms with E-state index in [9.17, 15) is 4.79 Å². The second-order valence-electron chi connectivity index (χ2n) is 6.93. The fourth-order valence-corrected chi connectivity index (χ4v) is 2.88. The Bertz CT molecular complexity index is 738. The van der Waals surface area contributed by atoms with Gasteiger partial charge < -0.3 is 4.74 Å². The molecule has 0 unspecified atom stereocenters. The number of carbonyl (C=O) groups is 1. The molecule has 0 saturated heterocycles. The molecule has 2 rings (SSSR count). The first kappa shape index (κ1) is 18.5. The Morgan fingerprint density at radius 3 is 2.50 bits per heavy atom. The van der Waals surface area contributed by atoms with Crippen molar-refractivity contribution in [2.24, 2.45) is 5.41 Å². The third-order valence-corrected chi connectivity index (χ3v) is 4.09. The molecule has 1 aromatic carbocycles. The number of carbonyl (C=O) groups excluding carboxylic acids is 1. The van der Waals surface area contributed by atoms with Gasteiger partial charge in [-0.3, -0.25) is 9.69 Å². The summed E-state index contributed by atoms with van der Waals surface area (Å²) in [4.78, 5) is 19.4. The van der Waals surface area contributed by atoms with E-state index < -0.39 is 0 Å². The number of halogens is 1. The van der Waals surface area contributed by atoms with Gasteiger partial charge in [0.05, 0.1) is 12.7 Å². The van der Waals surface area contributed by atoms with Crippen LogP contribution in [0.5, 0.6) is 5.75 Å². The van der Waals surface area contributed by atoms with Gasteiger partial charge in [0.2, 0.25) is 0 Å². The predicted molar refractivity (Wildman–Crippen MR) is 101 cm³/mol. The van der Waals surface area contributed by atoms with Gasteiger partial charge in [0, 0.05) is 16.7 Å². The fourth-order valence-electron chi connectivity index (χ4n) is 2.35. The normalized spacial score (nSPS) is 11.2. The fraction of sp³-hybridized carbons (Fsp3) is 0.368. The van der Waals surface area contributed by atoms with Crippen molar-refractivity contribution in [2.75, 3.05) is 18.6 Å². The Kier molecular flexibility index (Phi) is 5.65. The molecule has 128 valence electrons. The van der Waals surface area contributed by atoms with Gasteiger partial charge in [-0.2, -0.15) is 0 Å². The van der Waals surface area contributed by atoms with Gasteiger partial charge >= 0.3 is 0 Å². The highest BCUT2D eigenvalue weighted by molar-refractivity contribution is 9.10. The van der Waals surface area contributed by atoms with Gasteiger partial charge in [-0.05, 0) is 58.6 Å². The van der Waals surface area contributed by atoms with Gasteiger partial charge in [-0.1, -0.05) is 26.8 Å². The van der Waals surface area contributed by atoms with E-state index in [-0.39, 0.29) is 11.3 Å². The van der Waals surface area contributed by atoms with Gasteiger partial charge in [0.15, 0.2) is 0 Å². The van der Waals surface area contributed by atoms with Crippen LogP contribution in [0.4, 0.5) is 5.82 Å². The minimum absolute atomic E-state index is 0.0555. The number of aromatic nitrogens is 1. The van der Waals surface area contributed by atoms with E-state index in [0.29, 0.717) is 28.1 Å². The predicted octanol–water partition coefficient (Wildman–Crippen LogP) is 4.85. The summed E-state index contributed by atoms with van der Waals surface area (Å²) in [7, 11) is 1.60. The number of amides is 1. The number of rotatable bonds is 4. The molecule has 4 nitrogen and oxygen atoms in total. The maximum atomic E-state index is 13.2. The van der Waals surface area contributed by atoms with Crippen LogP contribution in [0, 0.1) is 12.3 Å². The molecular formula is C19H23BrN2O2. The number of methoxy groups -OCH3 is 1. The standard InChI is InChI=1S/C19H23BrN2O2/c1-13-7-6-8-17(21-13)22(12-19(2,3)4)18(23)15-10-9-14(24-5)11-16(15)20/h6-11H,12H2,1-5H3. The molecule has 5 heteroatoms. The molecule has 0 fully saturated rings. The molecule has 2 aromatic rings. The van der Waals surface area contributed by atoms with E-state index in [1.165, 1.54) is 0 Å². The number of aryl methyl sites for hydroxylation is 1. The van der Waals surface area contributed by atoms with Crippen LogP contribution >= 0.6 is 15.9 Å². The van der Waals surface area contributed by atoms with Crippen molar-refractivity contribution < 1.29 is 9.53 Å². The van der Waals surface area contributed by atoms with Crippen molar-refractivity contribution >= 4 is 27.7 Å². The van der Waals surface area contributed by atoms with E-state index in [1.54, 1.807) is 30.2 Å². The van der Waals surface area contributed by atoms with Crippen LogP contribution in [0.1, 0.15) is 36.8 Å². The summed E-state index contributed by atoms with van der Waals surface area (Å²) in [5.41, 5.74) is 1.41. The smallest absolute Gasteiger partial charge is 0.260 e. The van der Waals surface area contributed by atoms with E-state index in [4.69, 9.17) is 4.74 Å². The molecule has 0 bridgehead atoms. The zero-order valence-corrected chi connectivity index (χ0v) is 16.3. The van der Waals surface area contributed by atoms with Crippen molar-refractivity contribution in [1.82, 2.24) is 4.98 Å². The van der Waals surface area contributed by atoms with Crippen molar-refractivity contribution in [3.05, 3.63) is 52.1 Å². The van der Waals surface area contributed by atoms with E-state index in [1.807, 2.05) is 25.1 Å². The van der Waals surface area contributed by atoms with Crippen molar-refractivity contribution in [2.45, 2.75) is 27.7 Å². The first-order valence-electron chi connectivity index (χ1n) is 7.80. The van der Waals surface area contributed by atoms with E-state index in [2.05, 4.69) is 41.7 Å². The number of hydrogen-bond acceptors (Lipinski definition) is 3. The quantitative estimate of drug-likeness (QED) is 0.748. The highest BCUT2D eigenvalue weighted by atomic mass is 79.9. The molecule has 0 aliphatic carbocycles. The van der Waals surface area contributed by atoms with Crippen molar-refractivity contribution in [3.63, 3.8) is 0 Å². The zero-order valence-electron chi connectivity index (χ0n) is 14.8. The third-order valence-electron chi connectivity index (χ3n) is 3.43. The molecule has 1 heterocycles. The van der Waals surface area contributed by atoms with Crippen LogP contribution in [0.15, 0.2) is 40.9 Å². The maximum absolute atomic E-state index is 13.2. The summed E-state index contributed by atoms with van der Waals surface area (Å²) in [5.74, 6) is 1.28. The number of ether oxygens (including phenoxy) is 1. The molecule has 0 atom stereocenters. The Balaban J connectivity index is 2.45. The van der Waals surface area contributed by atoms with Gasteiger partial charge in [-0.25, -0.2) is 4.98 Å². The molecule has 24 heavy (non-hydrogen) atoms. The molecule has 0 aliphatic rings. The Morgan fingerprint density at radius 1 is 1.25 bits per heavy atom. The van der Waals surface area contributed by atoms with Crippen LogP contribution in [0.25, 0.3) is 0 Å². The van der Waals surface area contributed by atoms with E-state index >= 15 is 0 Å². The van der Waals surface area contributed by atoms with Crippen LogP contribution < -0.4 is 9.64 Å². The van der Waals surface area contributed by atoms with Crippen LogP contribution in [0.2, 0.25) is 0 Å². The summed E-state index contributed by atoms with van der Waals surface area (Å²) in [6, 6.07) is 11.1. The zero-order chi connectivity index (χ0) is 17.9. The number of benzene rings is 1. The average molecular weight is 391 g/mol. The number of pyridine rings is 1. The summed E-state index contributed by atoms with van der Waals surface area (Å²) in [6.07, 6.45) is 0. The number of nitrogens with zero attached hydrogens (tertiary/aromatic N) is 2. The first-order chi connectivity index (χ1) is 11.2. The van der Waals surface area contributed by atoms with Gasteiger partial charge in [0.25, 0.3) is 5.91 Å². The Hall–Kier alpha value is -1.88. The summed E-state index contributed by atoms with van der Waals surface area (Å²) in [5, 5.41) is 0. The molecule has 1 aromatic heterocycles.